The van der Waals surface area contributed by atoms with E-state index in [1.54, 1.807) is 6.07 Å². The first kappa shape index (κ1) is 12.0. The molecule has 16 heavy (non-hydrogen) atoms. The molecule has 0 aliphatic carbocycles. The van der Waals surface area contributed by atoms with Crippen molar-refractivity contribution in [1.82, 2.24) is 0 Å². The van der Waals surface area contributed by atoms with Gasteiger partial charge in [-0.2, -0.15) is 11.8 Å². The molecule has 1 unspecified atom stereocenters. The molecule has 1 aliphatic heterocycles. The first-order valence-corrected chi connectivity index (χ1v) is 7.03. The van der Waals surface area contributed by atoms with Crippen molar-refractivity contribution in [3.63, 3.8) is 0 Å². The summed E-state index contributed by atoms with van der Waals surface area (Å²) in [6.07, 6.45) is 0. The first-order chi connectivity index (χ1) is 7.58. The highest BCUT2D eigenvalue weighted by Gasteiger charge is 2.19. The Morgan fingerprint density at radius 1 is 1.56 bits per heavy atom. The lowest BCUT2D eigenvalue weighted by Gasteiger charge is -2.33. The second-order valence-corrected chi connectivity index (χ2v) is 6.35. The molecule has 0 bridgehead atoms. The van der Waals surface area contributed by atoms with E-state index in [-0.39, 0.29) is 5.82 Å². The zero-order valence-corrected chi connectivity index (χ0v) is 11.4. The van der Waals surface area contributed by atoms with Crippen molar-refractivity contribution in [2.45, 2.75) is 12.2 Å². The van der Waals surface area contributed by atoms with Crippen molar-refractivity contribution in [1.29, 1.82) is 0 Å². The van der Waals surface area contributed by atoms with Crippen molar-refractivity contribution in [2.24, 2.45) is 0 Å². The van der Waals surface area contributed by atoms with E-state index in [9.17, 15) is 4.39 Å². The van der Waals surface area contributed by atoms with Gasteiger partial charge in [0, 0.05) is 30.2 Å². The van der Waals surface area contributed by atoms with E-state index < -0.39 is 0 Å². The Morgan fingerprint density at radius 3 is 3.00 bits per heavy atom. The third-order valence-corrected chi connectivity index (χ3v) is 4.40. The molecule has 1 heterocycles. The van der Waals surface area contributed by atoms with Gasteiger partial charge in [0.2, 0.25) is 0 Å². The van der Waals surface area contributed by atoms with E-state index in [2.05, 4.69) is 27.8 Å². The standard InChI is InChI=1S/C11H14BrFN2S/c1-7-6-15(2-3-16-7)11-4-8(12)9(13)5-10(11)14/h4-5,7H,2-3,6,14H2,1H3. The maximum Gasteiger partial charge on any atom is 0.139 e. The zero-order valence-electron chi connectivity index (χ0n) is 9.04. The Kier molecular flexibility index (Phi) is 3.64. The van der Waals surface area contributed by atoms with Gasteiger partial charge in [-0.3, -0.25) is 0 Å². The molecule has 1 saturated heterocycles. The Hall–Kier alpha value is -0.420. The van der Waals surface area contributed by atoms with Gasteiger partial charge < -0.3 is 10.6 Å². The molecule has 0 aromatic heterocycles. The van der Waals surface area contributed by atoms with Crippen molar-refractivity contribution >= 4 is 39.1 Å². The van der Waals surface area contributed by atoms with Crippen LogP contribution in [0.15, 0.2) is 16.6 Å². The molecule has 2 N–H and O–H groups in total. The van der Waals surface area contributed by atoms with Crippen molar-refractivity contribution in [2.75, 3.05) is 29.5 Å². The lowest BCUT2D eigenvalue weighted by atomic mass is 10.2. The largest absolute Gasteiger partial charge is 0.397 e. The number of halogens is 2. The van der Waals surface area contributed by atoms with Gasteiger partial charge in [0.15, 0.2) is 0 Å². The van der Waals surface area contributed by atoms with Crippen LogP contribution in [-0.4, -0.2) is 24.1 Å². The number of rotatable bonds is 1. The van der Waals surface area contributed by atoms with E-state index in [1.807, 2.05) is 11.8 Å². The fourth-order valence-corrected chi connectivity index (χ4v) is 3.21. The summed E-state index contributed by atoms with van der Waals surface area (Å²) < 4.78 is 13.7. The highest BCUT2D eigenvalue weighted by Crippen LogP contribution is 2.32. The molecule has 1 aliphatic rings. The number of nitrogens with zero attached hydrogens (tertiary/aromatic N) is 1. The molecule has 1 aromatic carbocycles. The lowest BCUT2D eigenvalue weighted by molar-refractivity contribution is 0.621. The van der Waals surface area contributed by atoms with E-state index in [1.165, 1.54) is 6.07 Å². The van der Waals surface area contributed by atoms with Crippen LogP contribution in [0.1, 0.15) is 6.92 Å². The maximum absolute atomic E-state index is 13.3. The Bertz CT molecular complexity index is 400. The van der Waals surface area contributed by atoms with Gasteiger partial charge in [-0.25, -0.2) is 4.39 Å². The summed E-state index contributed by atoms with van der Waals surface area (Å²) in [6.45, 7) is 4.13. The van der Waals surface area contributed by atoms with Crippen molar-refractivity contribution in [3.05, 3.63) is 22.4 Å². The Morgan fingerprint density at radius 2 is 2.31 bits per heavy atom. The summed E-state index contributed by atoms with van der Waals surface area (Å²) in [5, 5.41) is 0.594. The minimum atomic E-state index is -0.305. The average molecular weight is 305 g/mol. The molecule has 2 nitrogen and oxygen atoms in total. The minimum absolute atomic E-state index is 0.305. The summed E-state index contributed by atoms with van der Waals surface area (Å²) in [4.78, 5) is 2.22. The molecule has 0 radical (unpaired) electrons. The highest BCUT2D eigenvalue weighted by atomic mass is 79.9. The molecule has 0 spiro atoms. The van der Waals surface area contributed by atoms with Gasteiger partial charge in [-0.05, 0) is 22.0 Å². The quantitative estimate of drug-likeness (QED) is 0.808. The third kappa shape index (κ3) is 2.46. The predicted molar refractivity (Wildman–Crippen MR) is 72.6 cm³/mol. The van der Waals surface area contributed by atoms with E-state index in [0.29, 0.717) is 15.4 Å². The molecule has 1 atom stereocenters. The van der Waals surface area contributed by atoms with Crippen LogP contribution in [0.25, 0.3) is 0 Å². The smallest absolute Gasteiger partial charge is 0.139 e. The SMILES string of the molecule is CC1CN(c2cc(Br)c(F)cc2N)CCS1. The number of hydrogen-bond donors (Lipinski definition) is 1. The van der Waals surface area contributed by atoms with E-state index >= 15 is 0 Å². The molecule has 0 saturated carbocycles. The normalized spacial score (nSPS) is 21.2. The summed E-state index contributed by atoms with van der Waals surface area (Å²) >= 11 is 5.16. The summed E-state index contributed by atoms with van der Waals surface area (Å²) in [5.74, 6) is 0.788. The monoisotopic (exact) mass is 304 g/mol. The van der Waals surface area contributed by atoms with Crippen molar-refractivity contribution < 1.29 is 4.39 Å². The molecular weight excluding hydrogens is 291 g/mol. The fraction of sp³-hybridized carbons (Fsp3) is 0.455. The third-order valence-electron chi connectivity index (χ3n) is 2.65. The van der Waals surface area contributed by atoms with Gasteiger partial charge in [0.25, 0.3) is 0 Å². The Balaban J connectivity index is 2.29. The number of nitrogen functional groups attached to an aromatic ring is 1. The fourth-order valence-electron chi connectivity index (χ4n) is 1.86. The van der Waals surface area contributed by atoms with Crippen LogP contribution in [0.3, 0.4) is 0 Å². The Labute approximate surface area is 108 Å². The van der Waals surface area contributed by atoms with Crippen LogP contribution in [0.4, 0.5) is 15.8 Å². The molecule has 1 fully saturated rings. The minimum Gasteiger partial charge on any atom is -0.397 e. The lowest BCUT2D eigenvalue weighted by Crippen LogP contribution is -2.37. The van der Waals surface area contributed by atoms with E-state index in [4.69, 9.17) is 5.73 Å². The van der Waals surface area contributed by atoms with Gasteiger partial charge in [0.05, 0.1) is 15.8 Å². The molecule has 88 valence electrons. The summed E-state index contributed by atoms with van der Waals surface area (Å²) in [6, 6.07) is 3.15. The number of nitrogens with two attached hydrogens (primary N) is 1. The molecule has 0 amide bonds. The van der Waals surface area contributed by atoms with Crippen LogP contribution < -0.4 is 10.6 Å². The summed E-state index contributed by atoms with van der Waals surface area (Å²) in [5.41, 5.74) is 7.30. The summed E-state index contributed by atoms with van der Waals surface area (Å²) in [7, 11) is 0. The topological polar surface area (TPSA) is 29.3 Å². The van der Waals surface area contributed by atoms with Gasteiger partial charge in [-0.15, -0.1) is 0 Å². The molecule has 5 heteroatoms. The highest BCUT2D eigenvalue weighted by molar-refractivity contribution is 9.10. The average Bonchev–Trinajstić information content (AvgIpc) is 2.23. The predicted octanol–water partition coefficient (Wildman–Crippen LogP) is 3.11. The van der Waals surface area contributed by atoms with Crippen LogP contribution in [-0.2, 0) is 0 Å². The molecule has 1 aromatic rings. The maximum atomic E-state index is 13.3. The molecular formula is C11H14BrFN2S. The first-order valence-electron chi connectivity index (χ1n) is 5.19. The number of anilines is 2. The second kappa shape index (κ2) is 4.84. The number of thioether (sulfide) groups is 1. The second-order valence-electron chi connectivity index (χ2n) is 3.95. The van der Waals surface area contributed by atoms with Crippen LogP contribution in [0, 0.1) is 5.82 Å². The van der Waals surface area contributed by atoms with E-state index in [0.717, 1.165) is 24.5 Å². The van der Waals surface area contributed by atoms with Gasteiger partial charge in [0.1, 0.15) is 5.82 Å². The van der Waals surface area contributed by atoms with Crippen LogP contribution in [0.2, 0.25) is 0 Å². The number of hydrogen-bond acceptors (Lipinski definition) is 3. The molecule has 2 rings (SSSR count). The number of benzene rings is 1. The van der Waals surface area contributed by atoms with Crippen LogP contribution in [0.5, 0.6) is 0 Å². The zero-order chi connectivity index (χ0) is 11.7. The van der Waals surface area contributed by atoms with Crippen LogP contribution >= 0.6 is 27.7 Å². The van der Waals surface area contributed by atoms with Crippen molar-refractivity contribution in [3.8, 4) is 0 Å². The van der Waals surface area contributed by atoms with Gasteiger partial charge >= 0.3 is 0 Å². The van der Waals surface area contributed by atoms with Gasteiger partial charge in [-0.1, -0.05) is 6.92 Å².